The number of hydrogen-bond donors (Lipinski definition) is 1. The zero-order chi connectivity index (χ0) is 13.3. The summed E-state index contributed by atoms with van der Waals surface area (Å²) in [5, 5.41) is 0. The van der Waals surface area contributed by atoms with Gasteiger partial charge in [-0.3, -0.25) is 0 Å². The minimum Gasteiger partial charge on any atom is -0.464 e. The van der Waals surface area contributed by atoms with Crippen LogP contribution in [0, 0.1) is 19.8 Å². The smallest absolute Gasteiger partial charge is 0.331 e. The molecule has 1 aliphatic carbocycles. The van der Waals surface area contributed by atoms with Gasteiger partial charge in [0.05, 0.1) is 6.61 Å². The van der Waals surface area contributed by atoms with Crippen LogP contribution in [0.1, 0.15) is 36.5 Å². The first-order chi connectivity index (χ1) is 8.50. The second kappa shape index (κ2) is 4.73. The second-order valence-electron chi connectivity index (χ2n) is 5.18. The van der Waals surface area contributed by atoms with Crippen molar-refractivity contribution in [2.24, 2.45) is 11.7 Å². The Balaban J connectivity index is 2.43. The van der Waals surface area contributed by atoms with Gasteiger partial charge in [0.25, 0.3) is 0 Å². The van der Waals surface area contributed by atoms with E-state index in [0.29, 0.717) is 6.61 Å². The average molecular weight is 247 g/mol. The van der Waals surface area contributed by atoms with Crippen molar-refractivity contribution in [2.75, 3.05) is 6.61 Å². The fourth-order valence-electron chi connectivity index (χ4n) is 2.56. The standard InChI is InChI=1S/C15H21NO2/c1-4-18-14(17)15(16,12-6-7-12)13-8-5-10(2)9-11(13)3/h5,8-9,12H,4,6-7,16H2,1-3H3. The molecule has 18 heavy (non-hydrogen) atoms. The van der Waals surface area contributed by atoms with Crippen molar-refractivity contribution in [3.05, 3.63) is 34.9 Å². The van der Waals surface area contributed by atoms with Gasteiger partial charge in [-0.15, -0.1) is 0 Å². The summed E-state index contributed by atoms with van der Waals surface area (Å²) in [6, 6.07) is 6.05. The molecule has 1 fully saturated rings. The molecule has 2 N–H and O–H groups in total. The molecular weight excluding hydrogens is 226 g/mol. The summed E-state index contributed by atoms with van der Waals surface area (Å²) in [4.78, 5) is 12.2. The van der Waals surface area contributed by atoms with Crippen LogP contribution in [0.3, 0.4) is 0 Å². The molecule has 0 amide bonds. The van der Waals surface area contributed by atoms with E-state index >= 15 is 0 Å². The summed E-state index contributed by atoms with van der Waals surface area (Å²) in [6.07, 6.45) is 2.01. The van der Waals surface area contributed by atoms with E-state index in [-0.39, 0.29) is 11.9 Å². The highest BCUT2D eigenvalue weighted by Gasteiger charge is 2.51. The van der Waals surface area contributed by atoms with Gasteiger partial charge >= 0.3 is 5.97 Å². The Morgan fingerprint density at radius 2 is 2.11 bits per heavy atom. The van der Waals surface area contributed by atoms with Crippen LogP contribution in [0.5, 0.6) is 0 Å². The van der Waals surface area contributed by atoms with E-state index in [1.807, 2.05) is 32.9 Å². The lowest BCUT2D eigenvalue weighted by molar-refractivity contribution is -0.151. The van der Waals surface area contributed by atoms with Crippen LogP contribution in [0.25, 0.3) is 0 Å². The van der Waals surface area contributed by atoms with Gasteiger partial charge in [-0.25, -0.2) is 4.79 Å². The minimum absolute atomic E-state index is 0.220. The summed E-state index contributed by atoms with van der Waals surface area (Å²) in [5.74, 6) is -0.0718. The van der Waals surface area contributed by atoms with Gasteiger partial charge < -0.3 is 10.5 Å². The topological polar surface area (TPSA) is 52.3 Å². The Morgan fingerprint density at radius 1 is 1.44 bits per heavy atom. The number of carbonyl (C=O) groups excluding carboxylic acids is 1. The fraction of sp³-hybridized carbons (Fsp3) is 0.533. The largest absolute Gasteiger partial charge is 0.464 e. The first kappa shape index (κ1) is 13.1. The summed E-state index contributed by atoms with van der Waals surface area (Å²) < 4.78 is 5.18. The number of benzene rings is 1. The highest BCUT2D eigenvalue weighted by atomic mass is 16.5. The van der Waals surface area contributed by atoms with Crippen molar-refractivity contribution in [3.63, 3.8) is 0 Å². The molecule has 3 nitrogen and oxygen atoms in total. The van der Waals surface area contributed by atoms with E-state index in [1.165, 1.54) is 5.56 Å². The number of nitrogens with two attached hydrogens (primary N) is 1. The highest BCUT2D eigenvalue weighted by Crippen LogP contribution is 2.45. The molecule has 3 heteroatoms. The van der Waals surface area contributed by atoms with Gasteiger partial charge in [0.1, 0.15) is 5.54 Å². The number of aryl methyl sites for hydroxylation is 2. The van der Waals surface area contributed by atoms with E-state index < -0.39 is 5.54 Å². The molecule has 98 valence electrons. The van der Waals surface area contributed by atoms with Gasteiger partial charge in [-0.05, 0) is 50.7 Å². The predicted molar refractivity (Wildman–Crippen MR) is 71.1 cm³/mol. The predicted octanol–water partition coefficient (Wildman–Crippen LogP) is 2.43. The highest BCUT2D eigenvalue weighted by molar-refractivity contribution is 5.84. The lowest BCUT2D eigenvalue weighted by atomic mass is 9.83. The van der Waals surface area contributed by atoms with Crippen LogP contribution >= 0.6 is 0 Å². The Labute approximate surface area is 108 Å². The van der Waals surface area contributed by atoms with Gasteiger partial charge in [-0.1, -0.05) is 23.8 Å². The molecule has 0 heterocycles. The quantitative estimate of drug-likeness (QED) is 0.831. The van der Waals surface area contributed by atoms with Crippen molar-refractivity contribution in [2.45, 2.75) is 39.2 Å². The molecule has 1 aromatic carbocycles. The van der Waals surface area contributed by atoms with Crippen LogP contribution in [0.2, 0.25) is 0 Å². The van der Waals surface area contributed by atoms with Crippen molar-refractivity contribution >= 4 is 5.97 Å². The molecule has 1 atom stereocenters. The molecule has 0 aliphatic heterocycles. The molecule has 1 aliphatic rings. The maximum atomic E-state index is 12.2. The third-order valence-corrected chi connectivity index (χ3v) is 3.66. The molecular formula is C15H21NO2. The number of carbonyl (C=O) groups is 1. The number of rotatable bonds is 4. The molecule has 0 bridgehead atoms. The summed E-state index contributed by atoms with van der Waals surface area (Å²) in [6.45, 7) is 6.23. The fourth-order valence-corrected chi connectivity index (χ4v) is 2.56. The van der Waals surface area contributed by atoms with Gasteiger partial charge in [0.2, 0.25) is 0 Å². The summed E-state index contributed by atoms with van der Waals surface area (Å²) in [7, 11) is 0. The average Bonchev–Trinajstić information content (AvgIpc) is 3.12. The molecule has 0 aromatic heterocycles. The van der Waals surface area contributed by atoms with Crippen LogP contribution in [-0.4, -0.2) is 12.6 Å². The van der Waals surface area contributed by atoms with E-state index in [2.05, 4.69) is 6.07 Å². The van der Waals surface area contributed by atoms with Crippen molar-refractivity contribution < 1.29 is 9.53 Å². The molecule has 0 spiro atoms. The van der Waals surface area contributed by atoms with E-state index in [4.69, 9.17) is 10.5 Å². The number of ether oxygens (including phenoxy) is 1. The van der Waals surface area contributed by atoms with E-state index in [0.717, 1.165) is 24.0 Å². The zero-order valence-electron chi connectivity index (χ0n) is 11.3. The molecule has 1 aromatic rings. The second-order valence-corrected chi connectivity index (χ2v) is 5.18. The van der Waals surface area contributed by atoms with Gasteiger partial charge in [0.15, 0.2) is 0 Å². The molecule has 2 rings (SSSR count). The Hall–Kier alpha value is -1.35. The molecule has 0 radical (unpaired) electrons. The zero-order valence-corrected chi connectivity index (χ0v) is 11.3. The molecule has 1 unspecified atom stereocenters. The van der Waals surface area contributed by atoms with E-state index in [1.54, 1.807) is 0 Å². The molecule has 0 saturated heterocycles. The monoisotopic (exact) mass is 247 g/mol. The van der Waals surface area contributed by atoms with Gasteiger partial charge in [0, 0.05) is 0 Å². The SMILES string of the molecule is CCOC(=O)C(N)(c1ccc(C)cc1C)C1CC1. The Bertz CT molecular complexity index is 466. The first-order valence-electron chi connectivity index (χ1n) is 6.54. The van der Waals surface area contributed by atoms with Crippen molar-refractivity contribution in [1.82, 2.24) is 0 Å². The summed E-state index contributed by atoms with van der Waals surface area (Å²) in [5.41, 5.74) is 8.62. The van der Waals surface area contributed by atoms with Gasteiger partial charge in [-0.2, -0.15) is 0 Å². The first-order valence-corrected chi connectivity index (χ1v) is 6.54. The third kappa shape index (κ3) is 2.15. The minimum atomic E-state index is -0.964. The maximum Gasteiger partial charge on any atom is 0.331 e. The third-order valence-electron chi connectivity index (χ3n) is 3.66. The Morgan fingerprint density at radius 3 is 2.61 bits per heavy atom. The Kier molecular flexibility index (Phi) is 3.44. The normalized spacial score (nSPS) is 18.2. The van der Waals surface area contributed by atoms with Crippen molar-refractivity contribution in [1.29, 1.82) is 0 Å². The number of hydrogen-bond acceptors (Lipinski definition) is 3. The lowest BCUT2D eigenvalue weighted by Crippen LogP contribution is -2.48. The van der Waals surface area contributed by atoms with Crippen LogP contribution < -0.4 is 5.73 Å². The van der Waals surface area contributed by atoms with Crippen molar-refractivity contribution in [3.8, 4) is 0 Å². The van der Waals surface area contributed by atoms with Crippen LogP contribution in [0.4, 0.5) is 0 Å². The van der Waals surface area contributed by atoms with Crippen LogP contribution in [-0.2, 0) is 15.1 Å². The van der Waals surface area contributed by atoms with Crippen LogP contribution in [0.15, 0.2) is 18.2 Å². The summed E-state index contributed by atoms with van der Waals surface area (Å²) >= 11 is 0. The molecule has 1 saturated carbocycles. The number of esters is 1. The van der Waals surface area contributed by atoms with E-state index in [9.17, 15) is 4.79 Å². The lowest BCUT2D eigenvalue weighted by Gasteiger charge is -2.29. The maximum absolute atomic E-state index is 12.2.